The molecule has 1 unspecified atom stereocenters. The quantitative estimate of drug-likeness (QED) is 0.209. The summed E-state index contributed by atoms with van der Waals surface area (Å²) in [7, 11) is 7.24. The maximum Gasteiger partial charge on any atom is 0.417 e. The van der Waals surface area contributed by atoms with Crippen LogP contribution in [0.4, 0.5) is 13.2 Å². The lowest BCUT2D eigenvalue weighted by atomic mass is 9.84. The van der Waals surface area contributed by atoms with Gasteiger partial charge in [-0.1, -0.05) is 111 Å². The van der Waals surface area contributed by atoms with Crippen LogP contribution in [0.2, 0.25) is 5.02 Å². The van der Waals surface area contributed by atoms with E-state index in [1.165, 1.54) is 70.7 Å². The van der Waals surface area contributed by atoms with Crippen molar-refractivity contribution in [1.82, 2.24) is 55.6 Å². The van der Waals surface area contributed by atoms with Gasteiger partial charge in [0.1, 0.15) is 48.3 Å². The van der Waals surface area contributed by atoms with Gasteiger partial charge in [-0.2, -0.15) is 13.2 Å². The van der Waals surface area contributed by atoms with Gasteiger partial charge in [-0.15, -0.1) is 0 Å². The molecule has 1 aromatic rings. The van der Waals surface area contributed by atoms with E-state index in [1.54, 1.807) is 20.8 Å². The van der Waals surface area contributed by atoms with E-state index < -0.39 is 161 Å². The Balaban J connectivity index is 1.37. The maximum absolute atomic E-state index is 15.0. The van der Waals surface area contributed by atoms with Crippen molar-refractivity contribution in [3.8, 4) is 0 Å². The Labute approximate surface area is 545 Å². The summed E-state index contributed by atoms with van der Waals surface area (Å²) in [6.45, 7) is 11.2. The van der Waals surface area contributed by atoms with Crippen LogP contribution in [0, 0.1) is 23.7 Å². The van der Waals surface area contributed by atoms with Crippen LogP contribution in [0.25, 0.3) is 0 Å². The molecule has 4 N–H and O–H groups in total. The first-order chi connectivity index (χ1) is 43.2. The lowest BCUT2D eigenvalue weighted by molar-refractivity contribution is -0.150. The van der Waals surface area contributed by atoms with Gasteiger partial charge in [0.2, 0.25) is 65.0 Å². The van der Waals surface area contributed by atoms with E-state index in [-0.39, 0.29) is 75.8 Å². The van der Waals surface area contributed by atoms with Gasteiger partial charge in [-0.3, -0.25) is 52.7 Å². The summed E-state index contributed by atoms with van der Waals surface area (Å²) in [6, 6.07) is -4.85. The molecule has 0 bridgehead atoms. The second-order valence-corrected chi connectivity index (χ2v) is 28.0. The van der Waals surface area contributed by atoms with Crippen LogP contribution in [0.1, 0.15) is 175 Å². The lowest BCUT2D eigenvalue weighted by Crippen LogP contribution is -2.64. The molecule has 1 spiro atoms. The number of rotatable bonds is 11. The van der Waals surface area contributed by atoms with Crippen LogP contribution >= 0.6 is 11.6 Å². The molecule has 2 aliphatic heterocycles. The smallest absolute Gasteiger partial charge is 0.351 e. The minimum absolute atomic E-state index is 0.0371. The Morgan fingerprint density at radius 2 is 1.29 bits per heavy atom. The molecular weight excluding hydrogens is 1220 g/mol. The van der Waals surface area contributed by atoms with Gasteiger partial charge < -0.3 is 55.6 Å². The highest BCUT2D eigenvalue weighted by molar-refractivity contribution is 6.31. The first kappa shape index (κ1) is 74.5. The van der Waals surface area contributed by atoms with E-state index >= 15 is 9.59 Å². The molecule has 514 valence electrons. The molecular formula is C66H101ClF3N11O11. The highest BCUT2D eigenvalue weighted by Gasteiger charge is 2.50. The van der Waals surface area contributed by atoms with Crippen LogP contribution in [0.15, 0.2) is 18.2 Å². The molecule has 2 saturated heterocycles. The van der Waals surface area contributed by atoms with E-state index in [1.807, 2.05) is 27.7 Å². The Hall–Kier alpha value is -6.53. The molecule has 8 atom stereocenters. The number of benzene rings is 1. The van der Waals surface area contributed by atoms with Crippen molar-refractivity contribution < 1.29 is 65.9 Å². The normalized spacial score (nSPS) is 26.8. The standard InChI is InChI=1S/C66H101ClF3N11O11/c1-13-41(6)56-63(91)81(45-25-26-45)38-54(84)75(8)37-55(85)78(11)51(35-43-20-15-14-16-21-43)62(90)76(9)36-52(82)72-48(28-24-44-23-27-46(47(67)34-44)66(68,69)70)61(89)80-31-19-22-49(80)59(87)74-65(29-17-18-30-65)64(92)79(12)57(40(4)5)60(88)71-42(7)33-53(83)77(10)50(32-39(2)3)58(86)73-56/h23,27,34,39-43,45,48-51,56-57H,13-22,24-26,28-33,35-38H2,1-12H3,(H,71,88)(H,72,82)(H,73,86)(H,74,87)/t41-,42+,48-,49?,50-,51-,56-,57-/m0/s1. The summed E-state index contributed by atoms with van der Waals surface area (Å²) in [6.07, 6.45) is 3.34. The number of carbonyl (C=O) groups is 11. The number of alkyl halides is 3. The maximum atomic E-state index is 15.0. The molecule has 0 radical (unpaired) electrons. The fourth-order valence-corrected chi connectivity index (χ4v) is 13.9. The first-order valence-corrected chi connectivity index (χ1v) is 33.5. The summed E-state index contributed by atoms with van der Waals surface area (Å²) in [5.74, 6) is -7.54. The second-order valence-electron chi connectivity index (χ2n) is 27.6. The molecule has 22 nitrogen and oxygen atoms in total. The van der Waals surface area contributed by atoms with Crippen molar-refractivity contribution in [3.05, 3.63) is 34.3 Å². The van der Waals surface area contributed by atoms with Gasteiger partial charge in [0.05, 0.1) is 23.7 Å². The topological polar surface area (TPSA) is 259 Å². The number of hydrogen-bond donors (Lipinski definition) is 4. The molecule has 1 aromatic carbocycles. The number of carbonyl (C=O) groups excluding carboxylic acids is 11. The molecule has 5 fully saturated rings. The van der Waals surface area contributed by atoms with Crippen molar-refractivity contribution in [1.29, 1.82) is 0 Å². The predicted octanol–water partition coefficient (Wildman–Crippen LogP) is 5.70. The lowest BCUT2D eigenvalue weighted by Gasteiger charge is -2.39. The number of nitrogens with zero attached hydrogens (tertiary/aromatic N) is 7. The summed E-state index contributed by atoms with van der Waals surface area (Å²) >= 11 is 6.12. The van der Waals surface area contributed by atoms with Gasteiger partial charge in [0.15, 0.2) is 0 Å². The van der Waals surface area contributed by atoms with E-state index in [0.29, 0.717) is 44.1 Å². The van der Waals surface area contributed by atoms with Crippen molar-refractivity contribution in [3.63, 3.8) is 0 Å². The monoisotopic (exact) mass is 1320 g/mol. The molecule has 5 aliphatic rings. The van der Waals surface area contributed by atoms with E-state index in [9.17, 15) is 56.3 Å². The number of aryl methyl sites for hydroxylation is 1. The third-order valence-electron chi connectivity index (χ3n) is 19.5. The fourth-order valence-electron chi connectivity index (χ4n) is 13.6. The molecule has 3 aliphatic carbocycles. The van der Waals surface area contributed by atoms with Gasteiger partial charge in [0, 0.05) is 60.3 Å². The number of hydrogen-bond acceptors (Lipinski definition) is 11. The van der Waals surface area contributed by atoms with Crippen LogP contribution in [-0.4, -0.2) is 215 Å². The Kier molecular flexibility index (Phi) is 26.4. The number of likely N-dealkylation sites (N-methyl/N-ethyl adjacent to an activating group) is 5. The van der Waals surface area contributed by atoms with Gasteiger partial charge in [-0.05, 0) is 112 Å². The summed E-state index contributed by atoms with van der Waals surface area (Å²) in [5.41, 5.74) is -2.24. The Morgan fingerprint density at radius 1 is 0.652 bits per heavy atom. The summed E-state index contributed by atoms with van der Waals surface area (Å²) in [5, 5.41) is 11.1. The largest absolute Gasteiger partial charge is 0.417 e. The predicted molar refractivity (Wildman–Crippen MR) is 340 cm³/mol. The molecule has 0 aromatic heterocycles. The first-order valence-electron chi connectivity index (χ1n) is 33.2. The second kappa shape index (κ2) is 32.5. The summed E-state index contributed by atoms with van der Waals surface area (Å²) in [4.78, 5) is 170. The molecule has 11 amide bonds. The van der Waals surface area contributed by atoms with Gasteiger partial charge >= 0.3 is 6.18 Å². The van der Waals surface area contributed by atoms with Crippen molar-refractivity contribution in [2.75, 3.05) is 61.4 Å². The molecule has 26 heteroatoms. The van der Waals surface area contributed by atoms with Gasteiger partial charge in [0.25, 0.3) is 0 Å². The number of halogens is 4. The molecule has 6 rings (SSSR count). The van der Waals surface area contributed by atoms with Crippen molar-refractivity contribution >= 4 is 76.6 Å². The highest BCUT2D eigenvalue weighted by atomic mass is 35.5. The zero-order valence-electron chi connectivity index (χ0n) is 56.1. The number of nitrogens with one attached hydrogen (secondary N) is 4. The zero-order valence-corrected chi connectivity index (χ0v) is 56.8. The van der Waals surface area contributed by atoms with Crippen molar-refractivity contribution in [2.45, 2.75) is 231 Å². The molecule has 3 saturated carbocycles. The highest BCUT2D eigenvalue weighted by Crippen LogP contribution is 2.37. The molecule has 92 heavy (non-hydrogen) atoms. The fraction of sp³-hybridized carbons (Fsp3) is 0.742. The van der Waals surface area contributed by atoms with E-state index in [4.69, 9.17) is 11.6 Å². The van der Waals surface area contributed by atoms with E-state index in [0.717, 1.165) is 49.1 Å². The third kappa shape index (κ3) is 19.1. The van der Waals surface area contributed by atoms with Crippen molar-refractivity contribution in [2.24, 2.45) is 23.7 Å². The SMILES string of the molecule is CC[C@H](C)[C@@H]1NC(=O)[C@H](CC(C)C)N(C)C(=O)C[C@@H](C)NC(=O)[C@H](C(C)C)N(C)C(=O)C2(CCCC2)NC(=O)C2CCCN2C(=O)[C@H](CCc2ccc(C(F)(F)F)c(Cl)c2)NC(=O)CN(C)C(=O)[C@H](CC2CCCCC2)N(C)C(=O)CN(C)C(=O)CN(C2CC2)C1=O. The average Bonchev–Trinajstić information content (AvgIpc) is 1.60. The minimum atomic E-state index is -4.74. The number of fused-ring (bicyclic) bond motifs is 1. The van der Waals surface area contributed by atoms with Crippen LogP contribution in [-0.2, 0) is 65.3 Å². The number of amides is 11. The van der Waals surface area contributed by atoms with Crippen LogP contribution < -0.4 is 21.3 Å². The average molecular weight is 1320 g/mol. The zero-order chi connectivity index (χ0) is 68.3. The van der Waals surface area contributed by atoms with Crippen LogP contribution in [0.5, 0.6) is 0 Å². The van der Waals surface area contributed by atoms with E-state index in [2.05, 4.69) is 21.3 Å². The third-order valence-corrected chi connectivity index (χ3v) is 19.8. The Bertz CT molecular complexity index is 2850. The minimum Gasteiger partial charge on any atom is -0.351 e. The Morgan fingerprint density at radius 3 is 1.88 bits per heavy atom. The summed E-state index contributed by atoms with van der Waals surface area (Å²) < 4.78 is 41.3. The molecule has 2 heterocycles. The van der Waals surface area contributed by atoms with Crippen LogP contribution in [0.3, 0.4) is 0 Å². The van der Waals surface area contributed by atoms with Gasteiger partial charge in [-0.25, -0.2) is 0 Å².